The maximum absolute atomic E-state index is 8.85. The van der Waals surface area contributed by atoms with Crippen LogP contribution in [0.2, 0.25) is 0 Å². The van der Waals surface area contributed by atoms with Crippen molar-refractivity contribution in [2.75, 3.05) is 17.6 Å². The normalized spacial score (nSPS) is 10.0. The molecule has 0 aliphatic rings. The number of anilines is 2. The van der Waals surface area contributed by atoms with Crippen molar-refractivity contribution >= 4 is 11.5 Å². The van der Waals surface area contributed by atoms with Gasteiger partial charge in [-0.05, 0) is 18.6 Å². The van der Waals surface area contributed by atoms with Crippen LogP contribution in [0.5, 0.6) is 0 Å². The molecule has 2 rings (SSSR count). The average Bonchev–Trinajstić information content (AvgIpc) is 2.77. The summed E-state index contributed by atoms with van der Waals surface area (Å²) in [5, 5.41) is 16.1. The molecule has 0 spiro atoms. The summed E-state index contributed by atoms with van der Waals surface area (Å²) in [4.78, 5) is 4.11. The Morgan fingerprint density at radius 1 is 1.56 bits per heavy atom. The molecule has 6 heteroatoms. The summed E-state index contributed by atoms with van der Waals surface area (Å²) in [7, 11) is 0. The molecule has 0 fully saturated rings. The highest BCUT2D eigenvalue weighted by Gasteiger charge is 2.05. The van der Waals surface area contributed by atoms with Gasteiger partial charge in [0.05, 0.1) is 24.0 Å². The van der Waals surface area contributed by atoms with Crippen LogP contribution in [0.15, 0.2) is 24.7 Å². The average molecular weight is 242 g/mol. The van der Waals surface area contributed by atoms with Gasteiger partial charge in [-0.15, -0.1) is 0 Å². The highest BCUT2D eigenvalue weighted by atomic mass is 15.3. The quantitative estimate of drug-likeness (QED) is 0.839. The molecule has 2 heterocycles. The monoisotopic (exact) mass is 242 g/mol. The molecule has 2 aromatic rings. The lowest BCUT2D eigenvalue weighted by Crippen LogP contribution is -2.13. The minimum Gasteiger partial charge on any atom is -0.395 e. The van der Waals surface area contributed by atoms with Crippen LogP contribution < -0.4 is 11.1 Å². The zero-order valence-electron chi connectivity index (χ0n) is 10.1. The third-order valence-electron chi connectivity index (χ3n) is 2.51. The third kappa shape index (κ3) is 2.58. The fourth-order valence-corrected chi connectivity index (χ4v) is 1.59. The number of nitrogens with two attached hydrogens (primary N) is 1. The molecule has 2 aromatic heterocycles. The maximum Gasteiger partial charge on any atom is 0.150 e. The van der Waals surface area contributed by atoms with Gasteiger partial charge in [0.15, 0.2) is 5.82 Å². The van der Waals surface area contributed by atoms with Crippen LogP contribution in [0.1, 0.15) is 11.1 Å². The van der Waals surface area contributed by atoms with Crippen molar-refractivity contribution < 1.29 is 0 Å². The Kier molecular flexibility index (Phi) is 3.44. The van der Waals surface area contributed by atoms with Crippen molar-refractivity contribution in [1.29, 1.82) is 5.26 Å². The molecule has 6 nitrogen and oxygen atoms in total. The van der Waals surface area contributed by atoms with E-state index in [-0.39, 0.29) is 0 Å². The van der Waals surface area contributed by atoms with E-state index in [0.717, 1.165) is 5.56 Å². The Hall–Kier alpha value is -2.55. The molecule has 0 saturated heterocycles. The summed E-state index contributed by atoms with van der Waals surface area (Å²) in [5.41, 5.74) is 7.75. The fraction of sp³-hybridized carbons (Fsp3) is 0.250. The molecular weight excluding hydrogens is 228 g/mol. The minimum atomic E-state index is 0.386. The number of nitrogens with zero attached hydrogens (tertiary/aromatic N) is 4. The van der Waals surface area contributed by atoms with Crippen LogP contribution in [0.25, 0.3) is 0 Å². The van der Waals surface area contributed by atoms with E-state index in [2.05, 4.69) is 15.4 Å². The minimum absolute atomic E-state index is 0.386. The van der Waals surface area contributed by atoms with Crippen LogP contribution in [0.3, 0.4) is 0 Å². The number of hydrogen-bond donors (Lipinski definition) is 2. The molecule has 0 aromatic carbocycles. The van der Waals surface area contributed by atoms with E-state index in [1.165, 1.54) is 0 Å². The lowest BCUT2D eigenvalue weighted by Gasteiger charge is -2.08. The van der Waals surface area contributed by atoms with Crippen molar-refractivity contribution in [2.45, 2.75) is 13.5 Å². The predicted octanol–water partition coefficient (Wildman–Crippen LogP) is 1.15. The molecule has 0 aliphatic heterocycles. The van der Waals surface area contributed by atoms with Crippen molar-refractivity contribution in [3.63, 3.8) is 0 Å². The zero-order valence-corrected chi connectivity index (χ0v) is 10.1. The SMILES string of the molecule is Cc1cnn(CCNc2nccc(C#N)c2N)c1. The van der Waals surface area contributed by atoms with Gasteiger partial charge in [-0.25, -0.2) is 4.98 Å². The lowest BCUT2D eigenvalue weighted by molar-refractivity contribution is 0.637. The topological polar surface area (TPSA) is 92.5 Å². The first kappa shape index (κ1) is 11.9. The number of aromatic nitrogens is 3. The largest absolute Gasteiger partial charge is 0.395 e. The van der Waals surface area contributed by atoms with Gasteiger partial charge in [0.2, 0.25) is 0 Å². The van der Waals surface area contributed by atoms with E-state index >= 15 is 0 Å². The standard InChI is InChI=1S/C12H14N6/c1-9-7-17-18(8-9)5-4-16-12-11(14)10(6-13)2-3-15-12/h2-3,7-8H,4-5,14H2,1H3,(H,15,16). The second-order valence-corrected chi connectivity index (χ2v) is 3.94. The van der Waals surface area contributed by atoms with E-state index in [9.17, 15) is 0 Å². The second-order valence-electron chi connectivity index (χ2n) is 3.94. The van der Waals surface area contributed by atoms with Gasteiger partial charge < -0.3 is 11.1 Å². The van der Waals surface area contributed by atoms with E-state index in [1.807, 2.05) is 30.1 Å². The van der Waals surface area contributed by atoms with Gasteiger partial charge in [0, 0.05) is 18.9 Å². The third-order valence-corrected chi connectivity index (χ3v) is 2.51. The maximum atomic E-state index is 8.85. The molecule has 0 atom stereocenters. The number of hydrogen-bond acceptors (Lipinski definition) is 5. The first-order chi connectivity index (χ1) is 8.70. The Labute approximate surface area is 105 Å². The van der Waals surface area contributed by atoms with E-state index in [1.54, 1.807) is 12.3 Å². The number of rotatable bonds is 4. The van der Waals surface area contributed by atoms with Crippen molar-refractivity contribution in [3.8, 4) is 6.07 Å². The lowest BCUT2D eigenvalue weighted by atomic mass is 10.2. The van der Waals surface area contributed by atoms with Crippen LogP contribution in [-0.4, -0.2) is 21.3 Å². The molecule has 0 saturated carbocycles. The Morgan fingerprint density at radius 3 is 3.06 bits per heavy atom. The van der Waals surface area contributed by atoms with Crippen LogP contribution >= 0.6 is 0 Å². The summed E-state index contributed by atoms with van der Waals surface area (Å²) < 4.78 is 1.84. The molecule has 0 unspecified atom stereocenters. The summed E-state index contributed by atoms with van der Waals surface area (Å²) in [5.74, 6) is 0.540. The molecule has 18 heavy (non-hydrogen) atoms. The molecule has 0 amide bonds. The zero-order chi connectivity index (χ0) is 13.0. The van der Waals surface area contributed by atoms with Crippen LogP contribution in [0.4, 0.5) is 11.5 Å². The molecule has 0 aliphatic carbocycles. The first-order valence-corrected chi connectivity index (χ1v) is 5.58. The molecular formula is C12H14N6. The van der Waals surface area contributed by atoms with Gasteiger partial charge in [0.1, 0.15) is 6.07 Å². The molecule has 3 N–H and O–H groups in total. The summed E-state index contributed by atoms with van der Waals surface area (Å²) in [6, 6.07) is 3.62. The number of pyridine rings is 1. The smallest absolute Gasteiger partial charge is 0.150 e. The Morgan fingerprint density at radius 2 is 2.39 bits per heavy atom. The summed E-state index contributed by atoms with van der Waals surface area (Å²) >= 11 is 0. The molecule has 92 valence electrons. The van der Waals surface area contributed by atoms with Crippen molar-refractivity contribution in [2.24, 2.45) is 0 Å². The molecule has 0 bridgehead atoms. The fourth-order valence-electron chi connectivity index (χ4n) is 1.59. The van der Waals surface area contributed by atoms with E-state index < -0.39 is 0 Å². The van der Waals surface area contributed by atoms with E-state index in [0.29, 0.717) is 30.2 Å². The van der Waals surface area contributed by atoms with Gasteiger partial charge in [-0.1, -0.05) is 0 Å². The van der Waals surface area contributed by atoms with Crippen LogP contribution in [0, 0.1) is 18.3 Å². The van der Waals surface area contributed by atoms with E-state index in [4.69, 9.17) is 11.0 Å². The van der Waals surface area contributed by atoms with Gasteiger partial charge in [0.25, 0.3) is 0 Å². The number of aryl methyl sites for hydroxylation is 1. The van der Waals surface area contributed by atoms with Crippen LogP contribution in [-0.2, 0) is 6.54 Å². The first-order valence-electron chi connectivity index (χ1n) is 5.58. The van der Waals surface area contributed by atoms with Gasteiger partial charge >= 0.3 is 0 Å². The summed E-state index contributed by atoms with van der Waals surface area (Å²) in [6.07, 6.45) is 5.34. The number of nitrogens with one attached hydrogen (secondary N) is 1. The number of nitriles is 1. The molecule has 0 radical (unpaired) electrons. The van der Waals surface area contributed by atoms with Gasteiger partial charge in [-0.3, -0.25) is 4.68 Å². The van der Waals surface area contributed by atoms with Crippen molar-refractivity contribution in [1.82, 2.24) is 14.8 Å². The Bertz CT molecular complexity index is 580. The summed E-state index contributed by atoms with van der Waals surface area (Å²) in [6.45, 7) is 3.35. The predicted molar refractivity (Wildman–Crippen MR) is 68.8 cm³/mol. The second kappa shape index (κ2) is 5.19. The van der Waals surface area contributed by atoms with Gasteiger partial charge in [-0.2, -0.15) is 10.4 Å². The number of nitrogen functional groups attached to an aromatic ring is 1. The Balaban J connectivity index is 1.97. The highest BCUT2D eigenvalue weighted by molar-refractivity contribution is 5.68. The van der Waals surface area contributed by atoms with Crippen molar-refractivity contribution in [3.05, 3.63) is 35.8 Å². The highest BCUT2D eigenvalue weighted by Crippen LogP contribution is 2.18.